The van der Waals surface area contributed by atoms with Crippen LogP contribution in [0.3, 0.4) is 0 Å². The highest BCUT2D eigenvalue weighted by atomic mass is 19.1. The van der Waals surface area contributed by atoms with Gasteiger partial charge in [-0.25, -0.2) is 4.39 Å². The second kappa shape index (κ2) is 3.70. The molecule has 0 amide bonds. The minimum atomic E-state index is -0.0691. The van der Waals surface area contributed by atoms with Gasteiger partial charge in [0.2, 0.25) is 0 Å². The van der Waals surface area contributed by atoms with Crippen LogP contribution in [0.1, 0.15) is 42.5 Å². The summed E-state index contributed by atoms with van der Waals surface area (Å²) in [6.07, 6.45) is 3.87. The van der Waals surface area contributed by atoms with Gasteiger partial charge in [-0.1, -0.05) is 13.0 Å². The molecular formula is C12H16FN. The van der Waals surface area contributed by atoms with E-state index in [9.17, 15) is 4.39 Å². The second-order valence-corrected chi connectivity index (χ2v) is 3.95. The maximum absolute atomic E-state index is 13.5. The smallest absolute Gasteiger partial charge is 0.126 e. The van der Waals surface area contributed by atoms with Crippen molar-refractivity contribution in [2.75, 3.05) is 0 Å². The van der Waals surface area contributed by atoms with Crippen LogP contribution in [-0.4, -0.2) is 0 Å². The first-order valence-electron chi connectivity index (χ1n) is 5.29. The Morgan fingerprint density at radius 2 is 2.29 bits per heavy atom. The number of rotatable bonds is 1. The first-order chi connectivity index (χ1) is 6.74. The fourth-order valence-electron chi connectivity index (χ4n) is 2.36. The largest absolute Gasteiger partial charge is 0.324 e. The Hall–Kier alpha value is -0.890. The van der Waals surface area contributed by atoms with Gasteiger partial charge in [-0.05, 0) is 48.4 Å². The van der Waals surface area contributed by atoms with E-state index in [0.717, 1.165) is 36.8 Å². The van der Waals surface area contributed by atoms with Gasteiger partial charge < -0.3 is 5.73 Å². The van der Waals surface area contributed by atoms with Crippen molar-refractivity contribution in [3.8, 4) is 0 Å². The molecule has 1 aromatic carbocycles. The van der Waals surface area contributed by atoms with E-state index in [4.69, 9.17) is 5.73 Å². The third-order valence-electron chi connectivity index (χ3n) is 3.11. The Morgan fingerprint density at radius 3 is 3.00 bits per heavy atom. The molecule has 0 heterocycles. The maximum Gasteiger partial charge on any atom is 0.126 e. The normalized spacial score (nSPS) is 20.6. The average Bonchev–Trinajstić information content (AvgIpc) is 2.18. The minimum absolute atomic E-state index is 0.0691. The molecule has 76 valence electrons. The van der Waals surface area contributed by atoms with Crippen LogP contribution in [0.2, 0.25) is 0 Å². The Bertz CT molecular complexity index is 346. The maximum atomic E-state index is 13.5. The second-order valence-electron chi connectivity index (χ2n) is 3.95. The lowest BCUT2D eigenvalue weighted by molar-refractivity contribution is 0.551. The third-order valence-corrected chi connectivity index (χ3v) is 3.11. The molecule has 0 saturated carbocycles. The molecule has 0 fully saturated rings. The topological polar surface area (TPSA) is 26.0 Å². The van der Waals surface area contributed by atoms with Gasteiger partial charge in [-0.3, -0.25) is 0 Å². The van der Waals surface area contributed by atoms with E-state index in [2.05, 4.69) is 0 Å². The summed E-state index contributed by atoms with van der Waals surface area (Å²) in [7, 11) is 0. The standard InChI is InChI=1S/C12H16FN/c1-2-8-9-4-3-5-12(14)10(9)6-7-11(8)13/h6-7,12H,2-5,14H2,1H3. The fraction of sp³-hybridized carbons (Fsp3) is 0.500. The van der Waals surface area contributed by atoms with Crippen LogP contribution < -0.4 is 5.73 Å². The summed E-state index contributed by atoms with van der Waals surface area (Å²) in [6.45, 7) is 2.00. The van der Waals surface area contributed by atoms with Gasteiger partial charge in [0.25, 0.3) is 0 Å². The SMILES string of the molecule is CCc1c(F)ccc2c1CCCC2N. The predicted molar refractivity (Wildman–Crippen MR) is 55.6 cm³/mol. The summed E-state index contributed by atoms with van der Waals surface area (Å²) in [5.74, 6) is -0.0691. The van der Waals surface area contributed by atoms with Crippen molar-refractivity contribution in [2.45, 2.75) is 38.6 Å². The monoisotopic (exact) mass is 193 g/mol. The van der Waals surface area contributed by atoms with E-state index in [-0.39, 0.29) is 11.9 Å². The molecule has 0 bridgehead atoms. The summed E-state index contributed by atoms with van der Waals surface area (Å²) in [4.78, 5) is 0. The summed E-state index contributed by atoms with van der Waals surface area (Å²) in [5, 5.41) is 0. The molecule has 2 rings (SSSR count). The van der Waals surface area contributed by atoms with Crippen LogP contribution in [0, 0.1) is 5.82 Å². The lowest BCUT2D eigenvalue weighted by Crippen LogP contribution is -2.19. The van der Waals surface area contributed by atoms with Gasteiger partial charge >= 0.3 is 0 Å². The Labute approximate surface area is 84.1 Å². The van der Waals surface area contributed by atoms with Gasteiger partial charge in [0.15, 0.2) is 0 Å². The zero-order valence-electron chi connectivity index (χ0n) is 8.52. The molecule has 1 nitrogen and oxygen atoms in total. The molecule has 1 aliphatic carbocycles. The van der Waals surface area contributed by atoms with Crippen molar-refractivity contribution in [1.29, 1.82) is 0 Å². The number of hydrogen-bond donors (Lipinski definition) is 1. The zero-order valence-corrected chi connectivity index (χ0v) is 8.52. The van der Waals surface area contributed by atoms with Crippen molar-refractivity contribution in [3.63, 3.8) is 0 Å². The highest BCUT2D eigenvalue weighted by Crippen LogP contribution is 2.31. The van der Waals surface area contributed by atoms with Crippen molar-refractivity contribution in [1.82, 2.24) is 0 Å². The molecule has 2 heteroatoms. The van der Waals surface area contributed by atoms with Crippen molar-refractivity contribution in [3.05, 3.63) is 34.6 Å². The molecule has 1 aromatic rings. The third kappa shape index (κ3) is 1.44. The Morgan fingerprint density at radius 1 is 1.50 bits per heavy atom. The molecule has 0 aliphatic heterocycles. The van der Waals surface area contributed by atoms with E-state index in [1.165, 1.54) is 5.56 Å². The Balaban J connectivity index is 2.55. The minimum Gasteiger partial charge on any atom is -0.324 e. The summed E-state index contributed by atoms with van der Waals surface area (Å²) in [5.41, 5.74) is 9.20. The first-order valence-corrected chi connectivity index (χ1v) is 5.29. The highest BCUT2D eigenvalue weighted by molar-refractivity contribution is 5.39. The zero-order chi connectivity index (χ0) is 10.1. The molecule has 2 N–H and O–H groups in total. The van der Waals surface area contributed by atoms with Gasteiger partial charge in [-0.2, -0.15) is 0 Å². The van der Waals surface area contributed by atoms with Gasteiger partial charge in [0.05, 0.1) is 0 Å². The van der Waals surface area contributed by atoms with E-state index in [1.807, 2.05) is 13.0 Å². The molecule has 1 atom stereocenters. The molecule has 1 aliphatic rings. The number of hydrogen-bond acceptors (Lipinski definition) is 1. The fourth-order valence-corrected chi connectivity index (χ4v) is 2.36. The number of fused-ring (bicyclic) bond motifs is 1. The summed E-state index contributed by atoms with van der Waals surface area (Å²) in [6, 6.07) is 3.53. The summed E-state index contributed by atoms with van der Waals surface area (Å²) < 4.78 is 13.5. The van der Waals surface area contributed by atoms with Crippen LogP contribution in [0.25, 0.3) is 0 Å². The van der Waals surface area contributed by atoms with E-state index in [1.54, 1.807) is 6.07 Å². The number of benzene rings is 1. The molecule has 1 unspecified atom stereocenters. The molecule has 0 saturated heterocycles. The van der Waals surface area contributed by atoms with Crippen molar-refractivity contribution in [2.24, 2.45) is 5.73 Å². The van der Waals surface area contributed by atoms with Crippen molar-refractivity contribution >= 4 is 0 Å². The van der Waals surface area contributed by atoms with Gasteiger partial charge in [0.1, 0.15) is 5.82 Å². The van der Waals surface area contributed by atoms with Crippen LogP contribution in [-0.2, 0) is 12.8 Å². The van der Waals surface area contributed by atoms with Crippen LogP contribution >= 0.6 is 0 Å². The summed E-state index contributed by atoms with van der Waals surface area (Å²) >= 11 is 0. The van der Waals surface area contributed by atoms with Gasteiger partial charge in [0, 0.05) is 6.04 Å². The molecular weight excluding hydrogens is 177 g/mol. The lowest BCUT2D eigenvalue weighted by atomic mass is 9.84. The van der Waals surface area contributed by atoms with Gasteiger partial charge in [-0.15, -0.1) is 0 Å². The van der Waals surface area contributed by atoms with E-state index >= 15 is 0 Å². The van der Waals surface area contributed by atoms with E-state index < -0.39 is 0 Å². The molecule has 0 aromatic heterocycles. The highest BCUT2D eigenvalue weighted by Gasteiger charge is 2.20. The Kier molecular flexibility index (Phi) is 2.55. The number of halogens is 1. The van der Waals surface area contributed by atoms with Crippen LogP contribution in [0.4, 0.5) is 4.39 Å². The predicted octanol–water partition coefficient (Wildman–Crippen LogP) is 2.72. The molecule has 0 spiro atoms. The quantitative estimate of drug-likeness (QED) is 0.729. The van der Waals surface area contributed by atoms with Crippen LogP contribution in [0.15, 0.2) is 12.1 Å². The average molecular weight is 193 g/mol. The van der Waals surface area contributed by atoms with Crippen molar-refractivity contribution < 1.29 is 4.39 Å². The first kappa shape index (κ1) is 9.66. The molecule has 14 heavy (non-hydrogen) atoms. The lowest BCUT2D eigenvalue weighted by Gasteiger charge is -2.24. The number of nitrogens with two attached hydrogens (primary N) is 1. The van der Waals surface area contributed by atoms with E-state index in [0.29, 0.717) is 0 Å². The molecule has 0 radical (unpaired) electrons. The van der Waals surface area contributed by atoms with Crippen LogP contribution in [0.5, 0.6) is 0 Å².